The average Bonchev–Trinajstić information content (AvgIpc) is 1.88. The first-order chi connectivity index (χ1) is 4.79. The summed E-state index contributed by atoms with van der Waals surface area (Å²) in [6.07, 6.45) is 1.72. The van der Waals surface area contributed by atoms with Crippen molar-refractivity contribution < 1.29 is 15.5 Å². The van der Waals surface area contributed by atoms with Gasteiger partial charge in [-0.25, -0.2) is 0 Å². The molecule has 68 valence electrons. The van der Waals surface area contributed by atoms with Gasteiger partial charge in [0.05, 0.1) is 6.26 Å². The van der Waals surface area contributed by atoms with Crippen LogP contribution in [0.2, 0.25) is 0 Å². The highest BCUT2D eigenvalue weighted by molar-refractivity contribution is 8.15. The van der Waals surface area contributed by atoms with Gasteiger partial charge in [0.15, 0.2) is 0 Å². The van der Waals surface area contributed by atoms with Crippen LogP contribution in [0.3, 0.4) is 0 Å². The van der Waals surface area contributed by atoms with E-state index in [2.05, 4.69) is 0 Å². The molecule has 0 spiro atoms. The Balaban J connectivity index is 0. The largest absolute Gasteiger partial charge is 0.635 e. The van der Waals surface area contributed by atoms with Gasteiger partial charge < -0.3 is 15.5 Å². The summed E-state index contributed by atoms with van der Waals surface area (Å²) in [5.74, 6) is 0. The van der Waals surface area contributed by atoms with E-state index >= 15 is 0 Å². The van der Waals surface area contributed by atoms with Crippen molar-refractivity contribution in [3.8, 4) is 0 Å². The molecular formula is C7H13BO3S. The monoisotopic (exact) mass is 188 g/mol. The highest BCUT2D eigenvalue weighted by Crippen LogP contribution is 1.84. The van der Waals surface area contributed by atoms with Gasteiger partial charge in [0, 0.05) is 0 Å². The molecule has 0 heterocycles. The van der Waals surface area contributed by atoms with Gasteiger partial charge in [-0.2, -0.15) is 0 Å². The molecule has 0 aliphatic carbocycles. The fourth-order valence-corrected chi connectivity index (χ4v) is 1.47. The quantitative estimate of drug-likeness (QED) is 0.405. The van der Waals surface area contributed by atoms with Crippen molar-refractivity contribution in [2.45, 2.75) is 0 Å². The second-order valence-electron chi connectivity index (χ2n) is 2.20. The van der Waals surface area contributed by atoms with Crippen molar-refractivity contribution in [3.63, 3.8) is 0 Å². The zero-order chi connectivity index (χ0) is 7.40. The first-order valence-corrected chi connectivity index (χ1v) is 4.86. The van der Waals surface area contributed by atoms with Crippen LogP contribution >= 0.6 is 0 Å². The van der Waals surface area contributed by atoms with Gasteiger partial charge in [-0.15, -0.1) is 11.0 Å². The molecule has 1 atom stereocenters. The van der Waals surface area contributed by atoms with Gasteiger partial charge in [-0.3, -0.25) is 0 Å². The van der Waals surface area contributed by atoms with Crippen LogP contribution in [0.15, 0.2) is 30.3 Å². The van der Waals surface area contributed by atoms with Crippen molar-refractivity contribution >= 4 is 23.0 Å². The SMILES string of the molecule is C[S+]([O-])Bc1ccccc1.O.O. The maximum Gasteiger partial charge on any atom is 0.427 e. The molecule has 1 aromatic rings. The minimum absolute atomic E-state index is 0. The summed E-state index contributed by atoms with van der Waals surface area (Å²) in [6, 6.07) is 9.86. The van der Waals surface area contributed by atoms with Gasteiger partial charge in [-0.05, 0) is 5.46 Å². The topological polar surface area (TPSA) is 86.1 Å². The number of benzene rings is 1. The summed E-state index contributed by atoms with van der Waals surface area (Å²) in [4.78, 5) is 0. The Morgan fingerprint density at radius 2 is 1.67 bits per heavy atom. The van der Waals surface area contributed by atoms with Crippen molar-refractivity contribution in [2.75, 3.05) is 6.26 Å². The second kappa shape index (κ2) is 7.18. The molecule has 0 saturated carbocycles. The van der Waals surface area contributed by atoms with Crippen LogP contribution in [0.1, 0.15) is 0 Å². The lowest BCUT2D eigenvalue weighted by Gasteiger charge is -2.01. The molecule has 0 amide bonds. The first-order valence-electron chi connectivity index (χ1n) is 3.13. The summed E-state index contributed by atoms with van der Waals surface area (Å²) in [5.41, 5.74) is 1.14. The molecule has 0 bridgehead atoms. The molecule has 4 N–H and O–H groups in total. The van der Waals surface area contributed by atoms with E-state index in [0.717, 1.165) is 5.46 Å². The Hall–Kier alpha value is -0.485. The van der Waals surface area contributed by atoms with Crippen molar-refractivity contribution in [1.29, 1.82) is 0 Å². The lowest BCUT2D eigenvalue weighted by Crippen LogP contribution is -2.22. The smallest absolute Gasteiger partial charge is 0.427 e. The van der Waals surface area contributed by atoms with Crippen LogP contribution in [-0.4, -0.2) is 28.3 Å². The van der Waals surface area contributed by atoms with Crippen LogP contribution in [0.4, 0.5) is 0 Å². The Morgan fingerprint density at radius 1 is 1.17 bits per heavy atom. The fraction of sp³-hybridized carbons (Fsp3) is 0.143. The molecule has 0 radical (unpaired) electrons. The summed E-state index contributed by atoms with van der Waals surface area (Å²) >= 11 is -0.717. The van der Waals surface area contributed by atoms with Crippen LogP contribution in [0.25, 0.3) is 0 Å². The average molecular weight is 188 g/mol. The predicted molar refractivity (Wildman–Crippen MR) is 54.5 cm³/mol. The lowest BCUT2D eigenvalue weighted by atomic mass is 9.95. The first kappa shape index (κ1) is 14.1. The van der Waals surface area contributed by atoms with Crippen LogP contribution < -0.4 is 5.46 Å². The van der Waals surface area contributed by atoms with E-state index in [1.165, 1.54) is 0 Å². The number of hydrogen-bond donors (Lipinski definition) is 0. The van der Waals surface area contributed by atoms with E-state index in [1.807, 2.05) is 30.3 Å². The lowest BCUT2D eigenvalue weighted by molar-refractivity contribution is 0.613. The van der Waals surface area contributed by atoms with Gasteiger partial charge in [0.1, 0.15) is 0 Å². The molecule has 1 rings (SSSR count). The van der Waals surface area contributed by atoms with Crippen molar-refractivity contribution in [1.82, 2.24) is 0 Å². The molecule has 0 aromatic heterocycles. The minimum atomic E-state index is -0.717. The van der Waals surface area contributed by atoms with Crippen LogP contribution in [0.5, 0.6) is 0 Å². The van der Waals surface area contributed by atoms with E-state index < -0.39 is 11.0 Å². The van der Waals surface area contributed by atoms with Gasteiger partial charge in [-0.1, -0.05) is 30.3 Å². The van der Waals surface area contributed by atoms with E-state index in [9.17, 15) is 4.55 Å². The number of rotatable bonds is 2. The molecule has 0 aliphatic rings. The minimum Gasteiger partial charge on any atom is -0.635 e. The Kier molecular flexibility index (Phi) is 8.41. The molecule has 12 heavy (non-hydrogen) atoms. The van der Waals surface area contributed by atoms with E-state index in [-0.39, 0.29) is 11.0 Å². The maximum absolute atomic E-state index is 10.7. The summed E-state index contributed by atoms with van der Waals surface area (Å²) < 4.78 is 10.7. The highest BCUT2D eigenvalue weighted by atomic mass is 32.2. The fourth-order valence-electron chi connectivity index (χ4n) is 0.809. The number of hydrogen-bond acceptors (Lipinski definition) is 1. The highest BCUT2D eigenvalue weighted by Gasteiger charge is 2.03. The third-order valence-electron chi connectivity index (χ3n) is 1.21. The van der Waals surface area contributed by atoms with E-state index in [0.29, 0.717) is 6.56 Å². The molecule has 1 unspecified atom stereocenters. The second-order valence-corrected chi connectivity index (χ2v) is 3.64. The van der Waals surface area contributed by atoms with Crippen LogP contribution in [0, 0.1) is 0 Å². The molecule has 0 aliphatic heterocycles. The molecular weight excluding hydrogens is 175 g/mol. The van der Waals surface area contributed by atoms with Gasteiger partial charge >= 0.3 is 6.56 Å². The van der Waals surface area contributed by atoms with E-state index in [1.54, 1.807) is 6.26 Å². The molecule has 0 saturated heterocycles. The van der Waals surface area contributed by atoms with Crippen molar-refractivity contribution in [2.24, 2.45) is 0 Å². The maximum atomic E-state index is 10.7. The molecule has 3 nitrogen and oxygen atoms in total. The third kappa shape index (κ3) is 5.20. The predicted octanol–water partition coefficient (Wildman–Crippen LogP) is -1.61. The summed E-state index contributed by atoms with van der Waals surface area (Å²) in [6.45, 7) is 0.668. The van der Waals surface area contributed by atoms with Crippen LogP contribution in [-0.2, 0) is 11.0 Å². The van der Waals surface area contributed by atoms with Gasteiger partial charge in [0.25, 0.3) is 0 Å². The molecule has 0 fully saturated rings. The zero-order valence-electron chi connectivity index (χ0n) is 6.91. The zero-order valence-corrected chi connectivity index (χ0v) is 7.73. The Labute approximate surface area is 75.7 Å². The third-order valence-corrected chi connectivity index (χ3v) is 1.95. The Bertz CT molecular complexity index is 193. The summed E-state index contributed by atoms with van der Waals surface area (Å²) in [7, 11) is 0. The molecule has 5 heteroatoms. The van der Waals surface area contributed by atoms with Crippen molar-refractivity contribution in [3.05, 3.63) is 30.3 Å². The van der Waals surface area contributed by atoms with Gasteiger partial charge in [0.2, 0.25) is 0 Å². The normalized spacial score (nSPS) is 10.5. The van der Waals surface area contributed by atoms with E-state index in [4.69, 9.17) is 0 Å². The Morgan fingerprint density at radius 3 is 2.08 bits per heavy atom. The standard InChI is InChI=1S/C7H9BOS.2H2O/c1-10(9)8-7-5-3-2-4-6-7;;/h2-6,8H,1H3;2*1H2. The molecule has 1 aromatic carbocycles. The summed E-state index contributed by atoms with van der Waals surface area (Å²) in [5, 5.41) is 0.